The number of benzene rings is 1. The Bertz CT molecular complexity index is 695. The van der Waals surface area contributed by atoms with Crippen LogP contribution in [0, 0.1) is 25.7 Å². The van der Waals surface area contributed by atoms with Gasteiger partial charge in [0.05, 0.1) is 11.6 Å². The number of amides is 1. The maximum Gasteiger partial charge on any atom is 0.275 e. The molecule has 102 valence electrons. The van der Waals surface area contributed by atoms with Gasteiger partial charge in [0.1, 0.15) is 5.69 Å². The molecule has 0 aliphatic carbocycles. The van der Waals surface area contributed by atoms with Crippen molar-refractivity contribution in [3.8, 4) is 11.8 Å². The number of rotatable bonds is 2. The molecule has 0 saturated carbocycles. The van der Waals surface area contributed by atoms with E-state index in [2.05, 4.69) is 22.1 Å². The van der Waals surface area contributed by atoms with E-state index >= 15 is 0 Å². The largest absolute Gasteiger partial charge is 0.321 e. The first-order chi connectivity index (χ1) is 9.58. The number of anilines is 1. The predicted molar refractivity (Wildman–Crippen MR) is 81.9 cm³/mol. The predicted octanol–water partition coefficient (Wildman–Crippen LogP) is 2.32. The van der Waals surface area contributed by atoms with Crippen molar-refractivity contribution < 1.29 is 4.79 Å². The summed E-state index contributed by atoms with van der Waals surface area (Å²) in [7, 11) is 0. The molecule has 3 N–H and O–H groups in total. The van der Waals surface area contributed by atoms with E-state index in [1.54, 1.807) is 5.38 Å². The molecule has 5 heteroatoms. The van der Waals surface area contributed by atoms with Crippen LogP contribution < -0.4 is 11.1 Å². The molecule has 4 nitrogen and oxygen atoms in total. The molecule has 0 saturated heterocycles. The second-order valence-corrected chi connectivity index (χ2v) is 5.36. The average Bonchev–Trinajstić information content (AvgIpc) is 2.82. The molecule has 0 aliphatic rings. The summed E-state index contributed by atoms with van der Waals surface area (Å²) in [5.41, 5.74) is 8.37. The van der Waals surface area contributed by atoms with Crippen LogP contribution in [0.15, 0.2) is 23.6 Å². The Balaban J connectivity index is 2.20. The van der Waals surface area contributed by atoms with Gasteiger partial charge >= 0.3 is 0 Å². The summed E-state index contributed by atoms with van der Waals surface area (Å²) in [5.74, 6) is 5.55. The number of aryl methyl sites for hydroxylation is 2. The molecule has 0 atom stereocenters. The van der Waals surface area contributed by atoms with Gasteiger partial charge in [-0.1, -0.05) is 11.8 Å². The Kier molecular flexibility index (Phi) is 4.51. The highest BCUT2D eigenvalue weighted by atomic mass is 32.1. The molecule has 1 amide bonds. The van der Waals surface area contributed by atoms with E-state index < -0.39 is 0 Å². The third-order valence-electron chi connectivity index (χ3n) is 2.52. The van der Waals surface area contributed by atoms with Crippen molar-refractivity contribution in [1.29, 1.82) is 0 Å². The molecular formula is C15H15N3OS. The van der Waals surface area contributed by atoms with E-state index in [9.17, 15) is 4.79 Å². The molecule has 0 radical (unpaired) electrons. The van der Waals surface area contributed by atoms with Crippen molar-refractivity contribution in [2.75, 3.05) is 11.9 Å². The highest BCUT2D eigenvalue weighted by Crippen LogP contribution is 2.16. The smallest absolute Gasteiger partial charge is 0.275 e. The van der Waals surface area contributed by atoms with Crippen LogP contribution in [-0.2, 0) is 0 Å². The first-order valence-corrected chi connectivity index (χ1v) is 7.00. The van der Waals surface area contributed by atoms with Gasteiger partial charge in [0.15, 0.2) is 0 Å². The number of hydrogen-bond donors (Lipinski definition) is 2. The molecule has 2 rings (SSSR count). The molecule has 0 fully saturated rings. The number of nitrogens with two attached hydrogens (primary N) is 1. The van der Waals surface area contributed by atoms with E-state index in [-0.39, 0.29) is 5.91 Å². The van der Waals surface area contributed by atoms with Crippen molar-refractivity contribution in [1.82, 2.24) is 4.98 Å². The maximum atomic E-state index is 12.0. The Labute approximate surface area is 122 Å². The van der Waals surface area contributed by atoms with Crippen molar-refractivity contribution in [2.24, 2.45) is 5.73 Å². The Morgan fingerprint density at radius 2 is 2.20 bits per heavy atom. The van der Waals surface area contributed by atoms with E-state index in [4.69, 9.17) is 5.73 Å². The summed E-state index contributed by atoms with van der Waals surface area (Å²) in [5, 5.41) is 5.45. The van der Waals surface area contributed by atoms with Crippen LogP contribution in [0.5, 0.6) is 0 Å². The quantitative estimate of drug-likeness (QED) is 0.832. The summed E-state index contributed by atoms with van der Waals surface area (Å²) < 4.78 is 0. The topological polar surface area (TPSA) is 68.0 Å². The molecule has 1 aromatic heterocycles. The highest BCUT2D eigenvalue weighted by Gasteiger charge is 2.10. The number of nitrogens with zero attached hydrogens (tertiary/aromatic N) is 1. The first-order valence-electron chi connectivity index (χ1n) is 6.12. The van der Waals surface area contributed by atoms with Gasteiger partial charge in [-0.15, -0.1) is 11.3 Å². The van der Waals surface area contributed by atoms with E-state index in [1.165, 1.54) is 11.3 Å². The number of carbonyl (C=O) groups excluding carboxylic acids is 1. The van der Waals surface area contributed by atoms with Gasteiger partial charge in [0.25, 0.3) is 5.91 Å². The lowest BCUT2D eigenvalue weighted by Crippen LogP contribution is -2.12. The van der Waals surface area contributed by atoms with Crippen LogP contribution in [0.1, 0.15) is 26.6 Å². The molecule has 0 unspecified atom stereocenters. The van der Waals surface area contributed by atoms with Gasteiger partial charge in [-0.05, 0) is 37.6 Å². The molecule has 0 aliphatic heterocycles. The van der Waals surface area contributed by atoms with E-state index in [0.717, 1.165) is 16.1 Å². The average molecular weight is 285 g/mol. The lowest BCUT2D eigenvalue weighted by molar-refractivity contribution is 0.102. The Morgan fingerprint density at radius 1 is 1.40 bits per heavy atom. The molecule has 2 aromatic rings. The fraction of sp³-hybridized carbons (Fsp3) is 0.200. The Morgan fingerprint density at radius 3 is 2.85 bits per heavy atom. The van der Waals surface area contributed by atoms with Crippen LogP contribution in [0.25, 0.3) is 0 Å². The number of aromatic nitrogens is 1. The van der Waals surface area contributed by atoms with Gasteiger partial charge in [0.2, 0.25) is 0 Å². The molecular weight excluding hydrogens is 270 g/mol. The zero-order valence-corrected chi connectivity index (χ0v) is 12.2. The second kappa shape index (κ2) is 6.33. The summed E-state index contributed by atoms with van der Waals surface area (Å²) in [4.78, 5) is 16.2. The number of hydrogen-bond acceptors (Lipinski definition) is 4. The third kappa shape index (κ3) is 3.67. The molecule has 1 aromatic carbocycles. The zero-order chi connectivity index (χ0) is 14.5. The number of thiazole rings is 1. The van der Waals surface area contributed by atoms with Crippen molar-refractivity contribution in [2.45, 2.75) is 13.8 Å². The number of nitrogens with one attached hydrogen (secondary N) is 1. The minimum atomic E-state index is -0.210. The van der Waals surface area contributed by atoms with Crippen LogP contribution >= 0.6 is 11.3 Å². The molecule has 0 spiro atoms. The minimum Gasteiger partial charge on any atom is -0.321 e. The van der Waals surface area contributed by atoms with Gasteiger partial charge in [-0.2, -0.15) is 0 Å². The van der Waals surface area contributed by atoms with Crippen LogP contribution in [0.3, 0.4) is 0 Å². The minimum absolute atomic E-state index is 0.210. The lowest BCUT2D eigenvalue weighted by atomic mass is 10.1. The highest BCUT2D eigenvalue weighted by molar-refractivity contribution is 7.09. The molecule has 1 heterocycles. The van der Waals surface area contributed by atoms with Crippen LogP contribution in [0.4, 0.5) is 5.69 Å². The van der Waals surface area contributed by atoms with Gasteiger partial charge in [-0.25, -0.2) is 4.98 Å². The maximum absolute atomic E-state index is 12.0. The standard InChI is InChI=1S/C15H15N3OS/c1-10-6-12(4-3-5-16)8-13(7-10)18-15(19)14-9-20-11(2)17-14/h6-9H,5,16H2,1-2H3,(H,18,19). The molecule has 20 heavy (non-hydrogen) atoms. The monoisotopic (exact) mass is 285 g/mol. The normalized spacial score (nSPS) is 9.75. The zero-order valence-electron chi connectivity index (χ0n) is 11.4. The fourth-order valence-electron chi connectivity index (χ4n) is 1.74. The van der Waals surface area contributed by atoms with Gasteiger partial charge in [-0.3, -0.25) is 4.79 Å². The third-order valence-corrected chi connectivity index (χ3v) is 3.30. The summed E-state index contributed by atoms with van der Waals surface area (Å²) in [6.45, 7) is 4.14. The molecule has 0 bridgehead atoms. The lowest BCUT2D eigenvalue weighted by Gasteiger charge is -2.05. The van der Waals surface area contributed by atoms with Crippen LogP contribution in [0.2, 0.25) is 0 Å². The fourth-order valence-corrected chi connectivity index (χ4v) is 2.34. The van der Waals surface area contributed by atoms with Crippen molar-refractivity contribution in [3.63, 3.8) is 0 Å². The summed E-state index contributed by atoms with van der Waals surface area (Å²) in [6, 6.07) is 5.67. The van der Waals surface area contributed by atoms with Crippen molar-refractivity contribution >= 4 is 22.9 Å². The van der Waals surface area contributed by atoms with E-state index in [1.807, 2.05) is 32.0 Å². The van der Waals surface area contributed by atoms with Gasteiger partial charge < -0.3 is 11.1 Å². The summed E-state index contributed by atoms with van der Waals surface area (Å²) in [6.07, 6.45) is 0. The van der Waals surface area contributed by atoms with Crippen molar-refractivity contribution in [3.05, 3.63) is 45.4 Å². The summed E-state index contributed by atoms with van der Waals surface area (Å²) >= 11 is 1.45. The Hall–Kier alpha value is -2.16. The first kappa shape index (κ1) is 14.3. The second-order valence-electron chi connectivity index (χ2n) is 4.30. The van der Waals surface area contributed by atoms with E-state index in [0.29, 0.717) is 17.9 Å². The van der Waals surface area contributed by atoms with Gasteiger partial charge in [0, 0.05) is 16.6 Å². The van der Waals surface area contributed by atoms with Crippen LogP contribution in [-0.4, -0.2) is 17.4 Å². The number of carbonyl (C=O) groups is 1. The SMILES string of the molecule is Cc1cc(C#CCN)cc(NC(=O)c2csc(C)n2)c1.